The van der Waals surface area contributed by atoms with Crippen LogP contribution in [0.4, 0.5) is 17.6 Å². The Morgan fingerprint density at radius 3 is 2.75 bits per heavy atom. The van der Waals surface area contributed by atoms with Crippen molar-refractivity contribution in [3.8, 4) is 17.6 Å². The van der Waals surface area contributed by atoms with E-state index in [1.807, 2.05) is 4.90 Å². The minimum absolute atomic E-state index is 0.0202. The van der Waals surface area contributed by atoms with Gasteiger partial charge in [-0.15, -0.1) is 0 Å². The van der Waals surface area contributed by atoms with Gasteiger partial charge in [-0.25, -0.2) is 4.39 Å². The molecule has 1 saturated heterocycles. The number of hydrogen-bond donors (Lipinski definition) is 1. The summed E-state index contributed by atoms with van der Waals surface area (Å²) >= 11 is 5.67. The number of carboxylic acid groups (broad SMARTS) is 1. The summed E-state index contributed by atoms with van der Waals surface area (Å²) in [6.45, 7) is 1.38. The average molecular weight is 577 g/mol. The Hall–Kier alpha value is -3.35. The summed E-state index contributed by atoms with van der Waals surface area (Å²) in [5.74, 6) is 5.17. The lowest BCUT2D eigenvalue weighted by Crippen LogP contribution is -2.41. The maximum Gasteiger partial charge on any atom is 0.417 e. The van der Waals surface area contributed by atoms with Crippen molar-refractivity contribution < 1.29 is 32.2 Å². The number of carbonyl (C=O) groups is 1. The Bertz CT molecular complexity index is 1420. The van der Waals surface area contributed by atoms with E-state index in [-0.39, 0.29) is 41.8 Å². The second-order valence-electron chi connectivity index (χ2n) is 9.96. The van der Waals surface area contributed by atoms with E-state index in [2.05, 4.69) is 16.8 Å². The molecule has 0 amide bonds. The third kappa shape index (κ3) is 7.43. The molecule has 2 aromatic carbocycles. The summed E-state index contributed by atoms with van der Waals surface area (Å²) in [7, 11) is 1.55. The third-order valence-electron chi connectivity index (χ3n) is 7.33. The van der Waals surface area contributed by atoms with Crippen LogP contribution in [0.15, 0.2) is 48.7 Å². The number of piperidine rings is 1. The maximum absolute atomic E-state index is 15.5. The van der Waals surface area contributed by atoms with Gasteiger partial charge in [0.25, 0.3) is 0 Å². The molecule has 0 radical (unpaired) electrons. The van der Waals surface area contributed by atoms with Gasteiger partial charge < -0.3 is 9.84 Å². The van der Waals surface area contributed by atoms with E-state index < -0.39 is 23.9 Å². The van der Waals surface area contributed by atoms with Gasteiger partial charge in [0.2, 0.25) is 0 Å². The first-order valence-corrected chi connectivity index (χ1v) is 13.3. The predicted octanol–water partition coefficient (Wildman–Crippen LogP) is 7.17. The quantitative estimate of drug-likeness (QED) is 0.227. The molecule has 2 heterocycles. The molecule has 1 N–H and O–H groups in total. The molecule has 40 heavy (non-hydrogen) atoms. The van der Waals surface area contributed by atoms with E-state index in [0.29, 0.717) is 48.1 Å². The number of alkyl halides is 4. The van der Waals surface area contributed by atoms with Gasteiger partial charge >= 0.3 is 12.1 Å². The van der Waals surface area contributed by atoms with Crippen molar-refractivity contribution in [3.05, 3.63) is 70.4 Å². The number of fused-ring (bicyclic) bond motifs is 1. The number of carboxylic acids is 1. The van der Waals surface area contributed by atoms with Crippen LogP contribution in [0, 0.1) is 23.7 Å². The second kappa shape index (κ2) is 12.9. The number of benzene rings is 2. The largest absolute Gasteiger partial charge is 0.497 e. The molecule has 10 heteroatoms. The Kier molecular flexibility index (Phi) is 9.54. The van der Waals surface area contributed by atoms with Gasteiger partial charge in [0.1, 0.15) is 11.9 Å². The number of likely N-dealkylation sites (tertiary alicyclic amines) is 1. The summed E-state index contributed by atoms with van der Waals surface area (Å²) in [5, 5.41) is 9.79. The summed E-state index contributed by atoms with van der Waals surface area (Å²) in [6.07, 6.45) is -2.84. The van der Waals surface area contributed by atoms with Crippen molar-refractivity contribution >= 4 is 28.5 Å². The van der Waals surface area contributed by atoms with Crippen LogP contribution in [0.5, 0.6) is 5.75 Å². The van der Waals surface area contributed by atoms with Crippen molar-refractivity contribution in [1.82, 2.24) is 9.88 Å². The number of aromatic nitrogens is 1. The maximum atomic E-state index is 15.5. The van der Waals surface area contributed by atoms with Crippen LogP contribution in [-0.4, -0.2) is 47.7 Å². The zero-order valence-electron chi connectivity index (χ0n) is 21.8. The highest BCUT2D eigenvalue weighted by Crippen LogP contribution is 2.37. The lowest BCUT2D eigenvalue weighted by Gasteiger charge is -2.37. The number of halogens is 5. The number of ether oxygens (including phenoxy) is 1. The minimum atomic E-state index is -4.57. The Balaban J connectivity index is 1.39. The summed E-state index contributed by atoms with van der Waals surface area (Å²) in [4.78, 5) is 17.9. The van der Waals surface area contributed by atoms with Gasteiger partial charge in [0.05, 0.1) is 29.8 Å². The van der Waals surface area contributed by atoms with Gasteiger partial charge in [0.15, 0.2) is 0 Å². The molecule has 3 aromatic rings. The highest BCUT2D eigenvalue weighted by atomic mass is 35.5. The molecule has 0 saturated carbocycles. The molecule has 1 aliphatic heterocycles. The van der Waals surface area contributed by atoms with Crippen molar-refractivity contribution in [2.45, 2.75) is 38.0 Å². The highest BCUT2D eigenvalue weighted by molar-refractivity contribution is 6.31. The second-order valence-corrected chi connectivity index (χ2v) is 10.4. The first kappa shape index (κ1) is 29.6. The molecular weight excluding hydrogens is 548 g/mol. The fourth-order valence-electron chi connectivity index (χ4n) is 5.27. The van der Waals surface area contributed by atoms with Crippen LogP contribution in [0.3, 0.4) is 0 Å². The number of aliphatic carboxylic acids is 1. The van der Waals surface area contributed by atoms with E-state index in [1.165, 1.54) is 12.1 Å². The van der Waals surface area contributed by atoms with Gasteiger partial charge in [-0.3, -0.25) is 14.7 Å². The molecule has 3 atom stereocenters. The first-order valence-electron chi connectivity index (χ1n) is 12.9. The fraction of sp³-hybridized carbons (Fsp3) is 0.400. The van der Waals surface area contributed by atoms with Crippen LogP contribution < -0.4 is 4.74 Å². The molecule has 1 aromatic heterocycles. The lowest BCUT2D eigenvalue weighted by molar-refractivity contribution is -0.139. The molecule has 212 valence electrons. The monoisotopic (exact) mass is 576 g/mol. The van der Waals surface area contributed by atoms with Gasteiger partial charge in [0, 0.05) is 30.1 Å². The number of methoxy groups -OCH3 is 1. The minimum Gasteiger partial charge on any atom is -0.497 e. The number of pyridine rings is 1. The van der Waals surface area contributed by atoms with Crippen molar-refractivity contribution in [3.63, 3.8) is 0 Å². The number of nitrogens with zero attached hydrogens (tertiary/aromatic N) is 2. The van der Waals surface area contributed by atoms with E-state index in [1.54, 1.807) is 37.6 Å². The highest BCUT2D eigenvalue weighted by Gasteiger charge is 2.33. The van der Waals surface area contributed by atoms with Crippen molar-refractivity contribution in [2.24, 2.45) is 11.8 Å². The van der Waals surface area contributed by atoms with E-state index in [0.717, 1.165) is 6.07 Å². The third-order valence-corrected chi connectivity index (χ3v) is 7.66. The molecule has 0 unspecified atom stereocenters. The molecule has 1 fully saturated rings. The standard InChI is InChI=1S/C30H29ClF4N2O3/c1-40-22-6-9-28-24(17-22)23(10-12-36-28)27(32)8-5-20-11-14-37(18-21(20)16-29(38)39)13-2-3-19-4-7-26(31)25(15-19)30(33,34)35/h4,6-7,9-10,12,15,17,20-21,27H,5,8,11,13-14,16,18H2,1H3,(H,38,39)/t20-,21+,27-/m1/s1. The molecular formula is C30H29ClF4N2O3. The molecule has 4 rings (SSSR count). The molecule has 1 aliphatic rings. The van der Waals surface area contributed by atoms with Gasteiger partial charge in [-0.2, -0.15) is 13.2 Å². The number of rotatable bonds is 8. The van der Waals surface area contributed by atoms with Crippen LogP contribution in [0.25, 0.3) is 10.9 Å². The summed E-state index contributed by atoms with van der Waals surface area (Å²) in [6, 6.07) is 10.5. The SMILES string of the molecule is COc1ccc2nccc([C@H](F)CC[C@@H]3CCN(CC#Cc4ccc(Cl)c(C(F)(F)F)c4)C[C@@H]3CC(=O)O)c2c1. The zero-order valence-corrected chi connectivity index (χ0v) is 22.6. The van der Waals surface area contributed by atoms with Crippen LogP contribution in [0.1, 0.15) is 48.5 Å². The van der Waals surface area contributed by atoms with E-state index in [9.17, 15) is 23.1 Å². The Labute approximate surface area is 235 Å². The molecule has 5 nitrogen and oxygen atoms in total. The summed E-state index contributed by atoms with van der Waals surface area (Å²) in [5.41, 5.74) is 0.465. The molecule has 0 aliphatic carbocycles. The zero-order chi connectivity index (χ0) is 28.9. The fourth-order valence-corrected chi connectivity index (χ4v) is 5.50. The van der Waals surface area contributed by atoms with E-state index in [4.69, 9.17) is 16.3 Å². The average Bonchev–Trinajstić information content (AvgIpc) is 2.91. The van der Waals surface area contributed by atoms with E-state index >= 15 is 4.39 Å². The van der Waals surface area contributed by atoms with Crippen LogP contribution in [0.2, 0.25) is 5.02 Å². The van der Waals surface area contributed by atoms with Crippen LogP contribution >= 0.6 is 11.6 Å². The van der Waals surface area contributed by atoms with Gasteiger partial charge in [-0.05, 0) is 85.7 Å². The Morgan fingerprint density at radius 2 is 2.02 bits per heavy atom. The number of hydrogen-bond acceptors (Lipinski definition) is 4. The molecule has 0 bridgehead atoms. The Morgan fingerprint density at radius 1 is 1.23 bits per heavy atom. The summed E-state index contributed by atoms with van der Waals surface area (Å²) < 4.78 is 60.1. The lowest BCUT2D eigenvalue weighted by atomic mass is 9.79. The van der Waals surface area contributed by atoms with Crippen molar-refractivity contribution in [1.29, 1.82) is 0 Å². The predicted molar refractivity (Wildman–Crippen MR) is 145 cm³/mol. The topological polar surface area (TPSA) is 62.7 Å². The first-order chi connectivity index (χ1) is 19.0. The van der Waals surface area contributed by atoms with Crippen molar-refractivity contribution in [2.75, 3.05) is 26.7 Å². The van der Waals surface area contributed by atoms with Gasteiger partial charge in [-0.1, -0.05) is 23.4 Å². The molecule has 0 spiro atoms. The van der Waals surface area contributed by atoms with Crippen LogP contribution in [-0.2, 0) is 11.0 Å². The smallest absolute Gasteiger partial charge is 0.417 e. The normalized spacial score (nSPS) is 18.6.